The van der Waals surface area contributed by atoms with Crippen LogP contribution in [0.25, 0.3) is 0 Å². The van der Waals surface area contributed by atoms with E-state index >= 15 is 0 Å². The van der Waals surface area contributed by atoms with E-state index in [1.165, 1.54) is 36.0 Å². The first-order valence-corrected chi connectivity index (χ1v) is 10.4. The third kappa shape index (κ3) is 4.51. The lowest BCUT2D eigenvalue weighted by molar-refractivity contribution is -0.384. The van der Waals surface area contributed by atoms with Gasteiger partial charge in [-0.25, -0.2) is 0 Å². The molecule has 11 heteroatoms. The molecule has 1 amide bonds. The number of aromatic nitrogens is 3. The quantitative estimate of drug-likeness (QED) is 0.414. The van der Waals surface area contributed by atoms with Crippen LogP contribution in [0.3, 0.4) is 0 Å². The number of hydrogen-bond acceptors (Lipinski definition) is 8. The molecule has 1 aliphatic heterocycles. The zero-order valence-electron chi connectivity index (χ0n) is 16.0. The fourth-order valence-corrected chi connectivity index (χ4v) is 4.02. The lowest BCUT2D eigenvalue weighted by Crippen LogP contribution is -2.38. The maximum absolute atomic E-state index is 12.6. The molecule has 1 aliphatic carbocycles. The summed E-state index contributed by atoms with van der Waals surface area (Å²) in [5, 5.41) is 22.6. The molecule has 0 spiro atoms. The molecular weight excluding hydrogens is 396 g/mol. The standard InChI is InChI=1S/C18H22N6O4S/c1-12(16(25)19-13-2-4-15(5-3-13)24(26)27)29-18-21-20-17(23(18)14-6-7-14)22-8-10-28-11-9-22/h2-5,12,14H,6-11H2,1H3,(H,19,25). The van der Waals surface area contributed by atoms with E-state index in [-0.39, 0.29) is 11.6 Å². The maximum atomic E-state index is 12.6. The number of carbonyl (C=O) groups is 1. The normalized spacial score (nSPS) is 17.8. The number of nitrogens with one attached hydrogen (secondary N) is 1. The molecule has 4 rings (SSSR count). The Morgan fingerprint density at radius 2 is 1.97 bits per heavy atom. The Balaban J connectivity index is 1.43. The number of carbonyl (C=O) groups excluding carboxylic acids is 1. The number of nitro benzene ring substituents is 1. The molecule has 2 aromatic rings. The number of non-ortho nitro benzene ring substituents is 1. The van der Waals surface area contributed by atoms with E-state index in [1.54, 1.807) is 0 Å². The summed E-state index contributed by atoms with van der Waals surface area (Å²) in [6.45, 7) is 4.73. The van der Waals surface area contributed by atoms with Crippen LogP contribution in [0.4, 0.5) is 17.3 Å². The second-order valence-corrected chi connectivity index (χ2v) is 8.34. The van der Waals surface area contributed by atoms with Crippen LogP contribution in [-0.4, -0.2) is 57.1 Å². The van der Waals surface area contributed by atoms with Crippen molar-refractivity contribution in [1.29, 1.82) is 0 Å². The molecule has 1 aromatic carbocycles. The molecule has 2 aliphatic rings. The Hall–Kier alpha value is -2.66. The number of morpholine rings is 1. The van der Waals surface area contributed by atoms with Gasteiger partial charge < -0.3 is 15.0 Å². The van der Waals surface area contributed by atoms with Crippen LogP contribution in [-0.2, 0) is 9.53 Å². The first-order chi connectivity index (χ1) is 14.0. The van der Waals surface area contributed by atoms with Gasteiger partial charge in [-0.05, 0) is 31.9 Å². The first-order valence-electron chi connectivity index (χ1n) is 9.52. The molecule has 2 fully saturated rings. The summed E-state index contributed by atoms with van der Waals surface area (Å²) in [6, 6.07) is 6.17. The van der Waals surface area contributed by atoms with Crippen LogP contribution in [0.2, 0.25) is 0 Å². The third-order valence-corrected chi connectivity index (χ3v) is 5.91. The Morgan fingerprint density at radius 1 is 1.28 bits per heavy atom. The fraction of sp³-hybridized carbons (Fsp3) is 0.500. The van der Waals surface area contributed by atoms with E-state index in [0.29, 0.717) is 24.9 Å². The van der Waals surface area contributed by atoms with E-state index in [2.05, 4.69) is 25.0 Å². The number of anilines is 2. The number of amides is 1. The highest BCUT2D eigenvalue weighted by Crippen LogP contribution is 2.41. The molecule has 10 nitrogen and oxygen atoms in total. The molecule has 1 atom stereocenters. The van der Waals surface area contributed by atoms with Gasteiger partial charge in [0.25, 0.3) is 5.69 Å². The van der Waals surface area contributed by atoms with Crippen molar-refractivity contribution in [2.45, 2.75) is 36.2 Å². The van der Waals surface area contributed by atoms with Gasteiger partial charge in [-0.3, -0.25) is 19.5 Å². The molecule has 29 heavy (non-hydrogen) atoms. The van der Waals surface area contributed by atoms with Crippen molar-refractivity contribution >= 4 is 35.0 Å². The average molecular weight is 418 g/mol. The molecule has 2 heterocycles. The van der Waals surface area contributed by atoms with E-state index in [1.807, 2.05) is 6.92 Å². The molecule has 1 saturated heterocycles. The number of nitrogens with zero attached hydrogens (tertiary/aromatic N) is 5. The maximum Gasteiger partial charge on any atom is 0.269 e. The van der Waals surface area contributed by atoms with Crippen molar-refractivity contribution in [1.82, 2.24) is 14.8 Å². The second-order valence-electron chi connectivity index (χ2n) is 7.04. The lowest BCUT2D eigenvalue weighted by Gasteiger charge is -2.28. The van der Waals surface area contributed by atoms with E-state index < -0.39 is 10.2 Å². The minimum Gasteiger partial charge on any atom is -0.378 e. The Morgan fingerprint density at radius 3 is 2.59 bits per heavy atom. The topological polar surface area (TPSA) is 115 Å². The van der Waals surface area contributed by atoms with E-state index in [4.69, 9.17) is 4.74 Å². The number of benzene rings is 1. The van der Waals surface area contributed by atoms with Crippen molar-refractivity contribution in [3.05, 3.63) is 34.4 Å². The number of thioether (sulfide) groups is 1. The predicted molar refractivity (Wildman–Crippen MR) is 108 cm³/mol. The van der Waals surface area contributed by atoms with Gasteiger partial charge in [0.05, 0.1) is 23.4 Å². The summed E-state index contributed by atoms with van der Waals surface area (Å²) >= 11 is 1.37. The zero-order chi connectivity index (χ0) is 20.4. The second kappa shape index (κ2) is 8.37. The van der Waals surface area contributed by atoms with Crippen LogP contribution < -0.4 is 10.2 Å². The summed E-state index contributed by atoms with van der Waals surface area (Å²) in [6.07, 6.45) is 2.18. The molecule has 1 N–H and O–H groups in total. The number of hydrogen-bond donors (Lipinski definition) is 1. The summed E-state index contributed by atoms with van der Waals surface area (Å²) in [5.74, 6) is 0.656. The monoisotopic (exact) mass is 418 g/mol. The smallest absolute Gasteiger partial charge is 0.269 e. The first kappa shape index (κ1) is 19.6. The van der Waals surface area contributed by atoms with Gasteiger partial charge in [0, 0.05) is 37.0 Å². The highest BCUT2D eigenvalue weighted by Gasteiger charge is 2.33. The fourth-order valence-electron chi connectivity index (χ4n) is 3.10. The highest BCUT2D eigenvalue weighted by atomic mass is 32.2. The van der Waals surface area contributed by atoms with Crippen molar-refractivity contribution in [2.75, 3.05) is 36.5 Å². The molecule has 0 radical (unpaired) electrons. The van der Waals surface area contributed by atoms with Gasteiger partial charge >= 0.3 is 0 Å². The minimum absolute atomic E-state index is 0.0152. The SMILES string of the molecule is CC(Sc1nnc(N2CCOCC2)n1C1CC1)C(=O)Nc1ccc([N+](=O)[O-])cc1. The molecule has 154 valence electrons. The summed E-state index contributed by atoms with van der Waals surface area (Å²) in [7, 11) is 0. The van der Waals surface area contributed by atoms with Gasteiger partial charge in [0.1, 0.15) is 0 Å². The zero-order valence-corrected chi connectivity index (χ0v) is 16.8. The largest absolute Gasteiger partial charge is 0.378 e. The van der Waals surface area contributed by atoms with Crippen LogP contribution in [0.15, 0.2) is 29.4 Å². The minimum atomic E-state index is -0.471. The molecule has 0 bridgehead atoms. The van der Waals surface area contributed by atoms with Gasteiger partial charge in [-0.15, -0.1) is 10.2 Å². The predicted octanol–water partition coefficient (Wildman–Crippen LogP) is 2.48. The molecule has 1 aromatic heterocycles. The van der Waals surface area contributed by atoms with Gasteiger partial charge in [0.15, 0.2) is 5.16 Å². The van der Waals surface area contributed by atoms with Gasteiger partial charge in [-0.2, -0.15) is 0 Å². The highest BCUT2D eigenvalue weighted by molar-refractivity contribution is 8.00. The Kier molecular flexibility index (Phi) is 5.67. The third-order valence-electron chi connectivity index (χ3n) is 4.85. The van der Waals surface area contributed by atoms with Crippen molar-refractivity contribution in [2.24, 2.45) is 0 Å². The Labute approximate surface area is 171 Å². The van der Waals surface area contributed by atoms with E-state index in [9.17, 15) is 14.9 Å². The summed E-state index contributed by atoms with van der Waals surface area (Å²) in [4.78, 5) is 25.0. The van der Waals surface area contributed by atoms with Crippen molar-refractivity contribution in [3.63, 3.8) is 0 Å². The van der Waals surface area contributed by atoms with Crippen molar-refractivity contribution < 1.29 is 14.5 Å². The van der Waals surface area contributed by atoms with Crippen LogP contribution in [0, 0.1) is 10.1 Å². The van der Waals surface area contributed by atoms with Gasteiger partial charge in [-0.1, -0.05) is 11.8 Å². The number of nitro groups is 1. The Bertz CT molecular complexity index is 892. The number of ether oxygens (including phenoxy) is 1. The summed E-state index contributed by atoms with van der Waals surface area (Å²) in [5.41, 5.74) is 0.504. The van der Waals surface area contributed by atoms with Crippen LogP contribution in [0.5, 0.6) is 0 Å². The number of rotatable bonds is 7. The van der Waals surface area contributed by atoms with Crippen molar-refractivity contribution in [3.8, 4) is 0 Å². The van der Waals surface area contributed by atoms with E-state index in [0.717, 1.165) is 37.0 Å². The van der Waals surface area contributed by atoms with Crippen LogP contribution >= 0.6 is 11.8 Å². The molecule has 1 saturated carbocycles. The molecule has 1 unspecified atom stereocenters. The molecular formula is C18H22N6O4S. The van der Waals surface area contributed by atoms with Gasteiger partial charge in [0.2, 0.25) is 11.9 Å². The lowest BCUT2D eigenvalue weighted by atomic mass is 10.3. The van der Waals surface area contributed by atoms with Crippen LogP contribution in [0.1, 0.15) is 25.8 Å². The average Bonchev–Trinajstić information content (AvgIpc) is 3.49. The summed E-state index contributed by atoms with van der Waals surface area (Å²) < 4.78 is 7.57.